The third-order valence-corrected chi connectivity index (χ3v) is 6.37. The Hall–Kier alpha value is -1.36. The lowest BCUT2D eigenvalue weighted by molar-refractivity contribution is -0.132. The minimum absolute atomic E-state index is 0.325. The van der Waals surface area contributed by atoms with Crippen molar-refractivity contribution in [2.75, 3.05) is 26.2 Å². The van der Waals surface area contributed by atoms with Crippen molar-refractivity contribution in [2.45, 2.75) is 70.3 Å². The average molecular weight is 345 g/mol. The molecule has 3 aliphatic rings. The van der Waals surface area contributed by atoms with E-state index in [1.54, 1.807) is 0 Å². The Morgan fingerprint density at radius 1 is 1.00 bits per heavy atom. The molecule has 5 nitrogen and oxygen atoms in total. The standard InChI is InChI=1S/C20H32N4O/c1-22-17-10-5-4-9-16(17)21-20(22)18-11-8-14-24(18)15-19(25)23-12-6-2-3-7-13-23/h18H,2-15H2,1H3/t18-/m1/s1. The molecular weight excluding hydrogens is 312 g/mol. The van der Waals surface area contributed by atoms with E-state index in [4.69, 9.17) is 4.98 Å². The van der Waals surface area contributed by atoms with Gasteiger partial charge in [-0.25, -0.2) is 4.98 Å². The number of hydrogen-bond donors (Lipinski definition) is 0. The highest BCUT2D eigenvalue weighted by atomic mass is 16.2. The van der Waals surface area contributed by atoms with Crippen LogP contribution in [0.4, 0.5) is 0 Å². The molecule has 0 bridgehead atoms. The first-order valence-corrected chi connectivity index (χ1v) is 10.3. The summed E-state index contributed by atoms with van der Waals surface area (Å²) >= 11 is 0. The number of rotatable bonds is 3. The maximum Gasteiger partial charge on any atom is 0.236 e. The van der Waals surface area contributed by atoms with E-state index in [0.29, 0.717) is 18.5 Å². The van der Waals surface area contributed by atoms with E-state index in [-0.39, 0.29) is 0 Å². The number of hydrogen-bond acceptors (Lipinski definition) is 3. The molecule has 1 aliphatic carbocycles. The van der Waals surface area contributed by atoms with E-state index in [9.17, 15) is 4.79 Å². The van der Waals surface area contributed by atoms with Crippen LogP contribution in [0.25, 0.3) is 0 Å². The molecule has 5 heteroatoms. The lowest BCUT2D eigenvalue weighted by Gasteiger charge is -2.27. The molecule has 0 saturated carbocycles. The van der Waals surface area contributed by atoms with E-state index >= 15 is 0 Å². The Morgan fingerprint density at radius 3 is 2.52 bits per heavy atom. The van der Waals surface area contributed by atoms with Gasteiger partial charge >= 0.3 is 0 Å². The van der Waals surface area contributed by atoms with Crippen LogP contribution < -0.4 is 0 Å². The summed E-state index contributed by atoms with van der Waals surface area (Å²) in [6.07, 6.45) is 12.0. The van der Waals surface area contributed by atoms with Crippen molar-refractivity contribution in [1.82, 2.24) is 19.4 Å². The summed E-state index contributed by atoms with van der Waals surface area (Å²) in [5, 5.41) is 0. The largest absolute Gasteiger partial charge is 0.342 e. The van der Waals surface area contributed by atoms with Crippen LogP contribution in [0.15, 0.2) is 0 Å². The van der Waals surface area contributed by atoms with E-state index < -0.39 is 0 Å². The summed E-state index contributed by atoms with van der Waals surface area (Å²) in [5.74, 6) is 1.53. The van der Waals surface area contributed by atoms with Crippen molar-refractivity contribution < 1.29 is 4.79 Å². The number of aryl methyl sites for hydroxylation is 1. The van der Waals surface area contributed by atoms with Crippen LogP contribution in [0.1, 0.15) is 74.6 Å². The van der Waals surface area contributed by atoms with Gasteiger partial charge in [0.05, 0.1) is 18.3 Å². The number of imidazole rings is 1. The second-order valence-electron chi connectivity index (χ2n) is 8.05. The summed E-state index contributed by atoms with van der Waals surface area (Å²) < 4.78 is 2.34. The quantitative estimate of drug-likeness (QED) is 0.847. The molecule has 2 saturated heterocycles. The van der Waals surface area contributed by atoms with Crippen LogP contribution in [0.5, 0.6) is 0 Å². The summed E-state index contributed by atoms with van der Waals surface area (Å²) in [7, 11) is 2.18. The average Bonchev–Trinajstić information content (AvgIpc) is 3.08. The molecule has 2 aliphatic heterocycles. The van der Waals surface area contributed by atoms with Gasteiger partial charge in [-0.1, -0.05) is 12.8 Å². The van der Waals surface area contributed by atoms with Crippen molar-refractivity contribution in [3.05, 3.63) is 17.2 Å². The minimum atomic E-state index is 0.325. The van der Waals surface area contributed by atoms with Crippen molar-refractivity contribution in [3.63, 3.8) is 0 Å². The Labute approximate surface area is 151 Å². The molecule has 1 aromatic heterocycles. The molecule has 2 fully saturated rings. The topological polar surface area (TPSA) is 41.4 Å². The van der Waals surface area contributed by atoms with E-state index in [2.05, 4.69) is 21.4 Å². The maximum absolute atomic E-state index is 12.8. The van der Waals surface area contributed by atoms with Gasteiger partial charge in [0.2, 0.25) is 5.91 Å². The number of nitrogens with zero attached hydrogens (tertiary/aromatic N) is 4. The monoisotopic (exact) mass is 344 g/mol. The number of aromatic nitrogens is 2. The fourth-order valence-electron chi connectivity index (χ4n) is 4.91. The minimum Gasteiger partial charge on any atom is -0.342 e. The van der Waals surface area contributed by atoms with Gasteiger partial charge in [0, 0.05) is 25.8 Å². The van der Waals surface area contributed by atoms with Crippen molar-refractivity contribution in [2.24, 2.45) is 7.05 Å². The first-order chi connectivity index (χ1) is 12.2. The van der Waals surface area contributed by atoms with Crippen molar-refractivity contribution in [3.8, 4) is 0 Å². The predicted octanol–water partition coefficient (Wildman–Crippen LogP) is 2.84. The van der Waals surface area contributed by atoms with Gasteiger partial charge in [0.15, 0.2) is 0 Å². The third kappa shape index (κ3) is 3.48. The Morgan fingerprint density at radius 2 is 1.76 bits per heavy atom. The Balaban J connectivity index is 1.47. The molecule has 0 N–H and O–H groups in total. The van der Waals surface area contributed by atoms with E-state index in [0.717, 1.165) is 38.9 Å². The van der Waals surface area contributed by atoms with Crippen LogP contribution in [0.2, 0.25) is 0 Å². The summed E-state index contributed by atoms with van der Waals surface area (Å²) in [6.45, 7) is 3.51. The van der Waals surface area contributed by atoms with Crippen LogP contribution in [0, 0.1) is 0 Å². The second kappa shape index (κ2) is 7.48. The second-order valence-corrected chi connectivity index (χ2v) is 8.05. The van der Waals surface area contributed by atoms with Crippen LogP contribution in [-0.2, 0) is 24.7 Å². The molecule has 3 heterocycles. The fourth-order valence-corrected chi connectivity index (χ4v) is 4.91. The number of carbonyl (C=O) groups is 1. The highest BCUT2D eigenvalue weighted by Gasteiger charge is 2.33. The molecule has 25 heavy (non-hydrogen) atoms. The van der Waals surface area contributed by atoms with Crippen LogP contribution >= 0.6 is 0 Å². The normalized spacial score (nSPS) is 25.0. The highest BCUT2D eigenvalue weighted by Crippen LogP contribution is 2.33. The first-order valence-electron chi connectivity index (χ1n) is 10.3. The molecule has 0 radical (unpaired) electrons. The van der Waals surface area contributed by atoms with E-state index in [1.165, 1.54) is 62.2 Å². The molecular formula is C20H32N4O. The molecule has 1 atom stereocenters. The zero-order valence-corrected chi connectivity index (χ0v) is 15.7. The van der Waals surface area contributed by atoms with Gasteiger partial charge in [0.1, 0.15) is 5.82 Å². The fraction of sp³-hybridized carbons (Fsp3) is 0.800. The van der Waals surface area contributed by atoms with Crippen molar-refractivity contribution in [1.29, 1.82) is 0 Å². The zero-order valence-electron chi connectivity index (χ0n) is 15.7. The molecule has 1 aromatic rings. The van der Waals surface area contributed by atoms with Crippen molar-refractivity contribution >= 4 is 5.91 Å². The SMILES string of the molecule is Cn1c([C@H]2CCCN2CC(=O)N2CCCCCC2)nc2c1CCCC2. The van der Waals surface area contributed by atoms with Gasteiger partial charge < -0.3 is 9.47 Å². The molecule has 1 amide bonds. The van der Waals surface area contributed by atoms with Gasteiger partial charge in [-0.2, -0.15) is 0 Å². The first kappa shape index (κ1) is 17.1. The third-order valence-electron chi connectivity index (χ3n) is 6.37. The smallest absolute Gasteiger partial charge is 0.236 e. The number of fused-ring (bicyclic) bond motifs is 1. The number of carbonyl (C=O) groups excluding carboxylic acids is 1. The lowest BCUT2D eigenvalue weighted by atomic mass is 10.0. The molecule has 4 rings (SSSR count). The molecule has 0 spiro atoms. The highest BCUT2D eigenvalue weighted by molar-refractivity contribution is 5.78. The molecule has 138 valence electrons. The van der Waals surface area contributed by atoms with Crippen LogP contribution in [-0.4, -0.2) is 51.4 Å². The van der Waals surface area contributed by atoms with Gasteiger partial charge in [-0.3, -0.25) is 9.69 Å². The van der Waals surface area contributed by atoms with Gasteiger partial charge in [0.25, 0.3) is 0 Å². The predicted molar refractivity (Wildman–Crippen MR) is 98.4 cm³/mol. The zero-order chi connectivity index (χ0) is 17.2. The molecule has 0 aromatic carbocycles. The Kier molecular flexibility index (Phi) is 5.11. The lowest BCUT2D eigenvalue weighted by Crippen LogP contribution is -2.41. The molecule has 0 unspecified atom stereocenters. The van der Waals surface area contributed by atoms with Crippen LogP contribution in [0.3, 0.4) is 0 Å². The summed E-state index contributed by atoms with van der Waals surface area (Å²) in [4.78, 5) is 22.3. The Bertz CT molecular complexity index is 615. The number of amides is 1. The van der Waals surface area contributed by atoms with Gasteiger partial charge in [-0.15, -0.1) is 0 Å². The number of likely N-dealkylation sites (tertiary alicyclic amines) is 2. The maximum atomic E-state index is 12.8. The van der Waals surface area contributed by atoms with Gasteiger partial charge in [-0.05, 0) is 57.9 Å². The summed E-state index contributed by atoms with van der Waals surface area (Å²) in [5.41, 5.74) is 2.75. The van der Waals surface area contributed by atoms with E-state index in [1.807, 2.05) is 0 Å². The summed E-state index contributed by atoms with van der Waals surface area (Å²) in [6, 6.07) is 0.325.